The Morgan fingerprint density at radius 2 is 0.984 bits per heavy atom. The van der Waals surface area contributed by atoms with E-state index in [1.54, 1.807) is 0 Å². The third-order valence-electron chi connectivity index (χ3n) is 12.2. The highest BCUT2D eigenvalue weighted by Crippen LogP contribution is 2.52. The molecule has 61 heavy (non-hydrogen) atoms. The highest BCUT2D eigenvalue weighted by molar-refractivity contribution is 6.09. The molecule has 3 heterocycles. The first kappa shape index (κ1) is 35.0. The fourth-order valence-electron chi connectivity index (χ4n) is 9.05. The number of furan rings is 1. The summed E-state index contributed by atoms with van der Waals surface area (Å²) in [5.41, 5.74) is 15.9. The number of fused-ring (bicyclic) bond motifs is 8. The molecule has 1 aliphatic rings. The van der Waals surface area contributed by atoms with Crippen LogP contribution in [0.15, 0.2) is 191 Å². The Labute approximate surface area is 351 Å². The molecule has 11 aromatic rings. The van der Waals surface area contributed by atoms with Gasteiger partial charge in [0.2, 0.25) is 5.89 Å². The number of rotatable bonds is 6. The first-order valence-electron chi connectivity index (χ1n) is 20.5. The second kappa shape index (κ2) is 13.5. The number of hydrogen-bond donors (Lipinski definition) is 0. The molecule has 0 bridgehead atoms. The van der Waals surface area contributed by atoms with Crippen LogP contribution in [-0.4, -0.2) is 19.9 Å². The lowest BCUT2D eigenvalue weighted by Crippen LogP contribution is -2.14. The molecule has 0 aliphatic heterocycles. The molecule has 0 saturated carbocycles. The van der Waals surface area contributed by atoms with E-state index in [-0.39, 0.29) is 5.41 Å². The van der Waals surface area contributed by atoms with Crippen molar-refractivity contribution in [2.75, 3.05) is 0 Å². The van der Waals surface area contributed by atoms with Crippen molar-refractivity contribution in [3.8, 4) is 79.0 Å². The molecule has 0 spiro atoms. The van der Waals surface area contributed by atoms with Crippen molar-refractivity contribution in [1.29, 1.82) is 0 Å². The third-order valence-corrected chi connectivity index (χ3v) is 12.2. The van der Waals surface area contributed by atoms with Gasteiger partial charge in [0.1, 0.15) is 16.7 Å². The molecule has 8 aromatic carbocycles. The Morgan fingerprint density at radius 3 is 1.80 bits per heavy atom. The minimum atomic E-state index is -0.229. The van der Waals surface area contributed by atoms with Crippen molar-refractivity contribution < 1.29 is 8.83 Å². The molecular weight excluding hydrogens is 749 g/mol. The quantitative estimate of drug-likeness (QED) is 0.167. The molecule has 3 aromatic heterocycles. The van der Waals surface area contributed by atoms with Gasteiger partial charge in [-0.3, -0.25) is 0 Å². The van der Waals surface area contributed by atoms with Crippen LogP contribution < -0.4 is 0 Å². The smallest absolute Gasteiger partial charge is 0.227 e. The minimum Gasteiger partial charge on any atom is -0.455 e. The molecule has 288 valence electrons. The molecule has 12 rings (SSSR count). The summed E-state index contributed by atoms with van der Waals surface area (Å²) in [6, 6.07) is 62.7. The first-order chi connectivity index (χ1) is 30.0. The molecule has 1 aliphatic carbocycles. The van der Waals surface area contributed by atoms with Crippen molar-refractivity contribution in [3.05, 3.63) is 193 Å². The summed E-state index contributed by atoms with van der Waals surface area (Å²) in [6.45, 7) is 4.59. The van der Waals surface area contributed by atoms with Crippen molar-refractivity contribution >= 4 is 33.0 Å². The molecule has 0 radical (unpaired) electrons. The largest absolute Gasteiger partial charge is 0.455 e. The molecule has 6 nitrogen and oxygen atoms in total. The number of aromatic nitrogens is 4. The Hall–Kier alpha value is -7.96. The maximum Gasteiger partial charge on any atom is 0.227 e. The van der Waals surface area contributed by atoms with E-state index in [0.717, 1.165) is 83.1 Å². The Morgan fingerprint density at radius 1 is 0.377 bits per heavy atom. The van der Waals surface area contributed by atoms with E-state index in [1.807, 2.05) is 66.7 Å². The summed E-state index contributed by atoms with van der Waals surface area (Å²) in [7, 11) is 0. The summed E-state index contributed by atoms with van der Waals surface area (Å²) >= 11 is 0. The maximum absolute atomic E-state index is 6.52. The van der Waals surface area contributed by atoms with Gasteiger partial charge in [0.15, 0.2) is 23.1 Å². The zero-order valence-electron chi connectivity index (χ0n) is 33.4. The van der Waals surface area contributed by atoms with Gasteiger partial charge in [0.05, 0.1) is 5.56 Å². The van der Waals surface area contributed by atoms with Crippen molar-refractivity contribution in [3.63, 3.8) is 0 Å². The highest BCUT2D eigenvalue weighted by Gasteiger charge is 2.38. The SMILES string of the molecule is CC1(C)c2cc(-c3ccc(-c4nc(-c5cccc(-c6ccccc6)c5)nc(-c5cccc6c5oc5ccccc56)n4)cc3)ccc2-c2c1ccc1nc(-c3ccccc3)oc21. The summed E-state index contributed by atoms with van der Waals surface area (Å²) in [4.78, 5) is 20.3. The number of hydrogen-bond acceptors (Lipinski definition) is 6. The van der Waals surface area contributed by atoms with E-state index in [1.165, 1.54) is 16.7 Å². The van der Waals surface area contributed by atoms with Gasteiger partial charge < -0.3 is 8.83 Å². The van der Waals surface area contributed by atoms with Gasteiger partial charge in [-0.2, -0.15) is 0 Å². The minimum absolute atomic E-state index is 0.229. The number of para-hydroxylation sites is 2. The zero-order chi connectivity index (χ0) is 40.7. The summed E-state index contributed by atoms with van der Waals surface area (Å²) in [6.07, 6.45) is 0. The van der Waals surface area contributed by atoms with E-state index >= 15 is 0 Å². The van der Waals surface area contributed by atoms with E-state index < -0.39 is 0 Å². The Kier molecular flexibility index (Phi) is 7.78. The van der Waals surface area contributed by atoms with Gasteiger partial charge in [-0.25, -0.2) is 19.9 Å². The lowest BCUT2D eigenvalue weighted by atomic mass is 9.81. The molecule has 0 unspecified atom stereocenters. The maximum atomic E-state index is 6.52. The van der Waals surface area contributed by atoms with E-state index in [9.17, 15) is 0 Å². The standard InChI is InChI=1S/C55H36N4O2/c1-55(2)44-29-30-46-50(61-54(56-46)36-15-7-4-8-16-36)48(44)42-28-27-38(32-45(42)55)34-23-25-35(26-24-34)51-57-52(39-18-11-17-37(31-39)33-13-5-3-6-14-33)59-53(58-51)43-21-12-20-41-40-19-9-10-22-47(40)60-49(41)43/h3-32H,1-2H3. The summed E-state index contributed by atoms with van der Waals surface area (Å²) in [5, 5.41) is 2.08. The molecule has 6 heteroatoms. The Bertz CT molecular complexity index is 3490. The monoisotopic (exact) mass is 784 g/mol. The fourth-order valence-corrected chi connectivity index (χ4v) is 9.05. The van der Waals surface area contributed by atoms with Crippen molar-refractivity contribution in [1.82, 2.24) is 19.9 Å². The van der Waals surface area contributed by atoms with Crippen LogP contribution in [0.25, 0.3) is 112 Å². The van der Waals surface area contributed by atoms with Crippen LogP contribution >= 0.6 is 0 Å². The van der Waals surface area contributed by atoms with Crippen LogP contribution in [-0.2, 0) is 5.41 Å². The Balaban J connectivity index is 0.946. The van der Waals surface area contributed by atoms with Gasteiger partial charge in [-0.1, -0.05) is 153 Å². The predicted molar refractivity (Wildman–Crippen MR) is 245 cm³/mol. The predicted octanol–water partition coefficient (Wildman–Crippen LogP) is 14.2. The van der Waals surface area contributed by atoms with Gasteiger partial charge in [0.25, 0.3) is 0 Å². The van der Waals surface area contributed by atoms with E-state index in [4.69, 9.17) is 28.8 Å². The van der Waals surface area contributed by atoms with Gasteiger partial charge in [-0.15, -0.1) is 0 Å². The topological polar surface area (TPSA) is 77.8 Å². The number of benzene rings is 8. The zero-order valence-corrected chi connectivity index (χ0v) is 33.4. The van der Waals surface area contributed by atoms with E-state index in [0.29, 0.717) is 23.4 Å². The summed E-state index contributed by atoms with van der Waals surface area (Å²) in [5.74, 6) is 2.36. The average Bonchev–Trinajstić information content (AvgIpc) is 4.00. The molecule has 0 atom stereocenters. The molecule has 0 saturated heterocycles. The van der Waals surface area contributed by atoms with Crippen LogP contribution in [0.3, 0.4) is 0 Å². The van der Waals surface area contributed by atoms with Crippen LogP contribution in [0, 0.1) is 0 Å². The second-order valence-corrected chi connectivity index (χ2v) is 16.2. The highest BCUT2D eigenvalue weighted by atomic mass is 16.3. The third kappa shape index (κ3) is 5.71. The normalized spacial score (nSPS) is 12.9. The molecule has 0 amide bonds. The lowest BCUT2D eigenvalue weighted by Gasteiger charge is -2.22. The van der Waals surface area contributed by atoms with Gasteiger partial charge >= 0.3 is 0 Å². The van der Waals surface area contributed by atoms with Crippen LogP contribution in [0.1, 0.15) is 25.0 Å². The average molecular weight is 785 g/mol. The second-order valence-electron chi connectivity index (χ2n) is 16.2. The molecule has 0 N–H and O–H groups in total. The number of oxazole rings is 1. The molecule has 0 fully saturated rings. The van der Waals surface area contributed by atoms with Crippen molar-refractivity contribution in [2.45, 2.75) is 19.3 Å². The molecular formula is C55H36N4O2. The lowest BCUT2D eigenvalue weighted by molar-refractivity contribution is 0.618. The van der Waals surface area contributed by atoms with Gasteiger partial charge in [-0.05, 0) is 81.4 Å². The number of nitrogens with zero attached hydrogens (tertiary/aromatic N) is 4. The van der Waals surface area contributed by atoms with Crippen LogP contribution in [0.2, 0.25) is 0 Å². The fraction of sp³-hybridized carbons (Fsp3) is 0.0545. The van der Waals surface area contributed by atoms with Gasteiger partial charge in [0, 0.05) is 38.4 Å². The van der Waals surface area contributed by atoms with Crippen LogP contribution in [0.4, 0.5) is 0 Å². The van der Waals surface area contributed by atoms with Crippen molar-refractivity contribution in [2.24, 2.45) is 0 Å². The van der Waals surface area contributed by atoms with E-state index in [2.05, 4.69) is 129 Å². The summed E-state index contributed by atoms with van der Waals surface area (Å²) < 4.78 is 13.0. The van der Waals surface area contributed by atoms with Crippen LogP contribution in [0.5, 0.6) is 0 Å². The first-order valence-corrected chi connectivity index (χ1v) is 20.5.